The summed E-state index contributed by atoms with van der Waals surface area (Å²) in [5.74, 6) is 1.22. The van der Waals surface area contributed by atoms with Crippen LogP contribution in [0.4, 0.5) is 0 Å². The standard InChI is InChI=1S/C19H17Cl2NO3/c1-12(14-3-6-17-18(10-14)25-9-8-24-17)22-19(23)7-4-13-2-5-15(20)11-16(13)21/h2-7,10-12H,8-9H2,1H3,(H,22,23)/b7-4+. The fraction of sp³-hybridized carbons (Fsp3) is 0.211. The summed E-state index contributed by atoms with van der Waals surface area (Å²) in [6, 6.07) is 10.6. The molecule has 0 saturated carbocycles. The van der Waals surface area contributed by atoms with Gasteiger partial charge in [0.1, 0.15) is 13.2 Å². The first kappa shape index (κ1) is 17.6. The minimum Gasteiger partial charge on any atom is -0.486 e. The third kappa shape index (κ3) is 4.47. The van der Waals surface area contributed by atoms with Crippen LogP contribution in [-0.4, -0.2) is 19.1 Å². The Labute approximate surface area is 156 Å². The molecule has 1 atom stereocenters. The Kier molecular flexibility index (Phi) is 5.51. The Bertz CT molecular complexity index is 820. The largest absolute Gasteiger partial charge is 0.486 e. The van der Waals surface area contributed by atoms with Crippen LogP contribution in [0.5, 0.6) is 11.5 Å². The van der Waals surface area contributed by atoms with Crippen molar-refractivity contribution in [1.29, 1.82) is 0 Å². The molecule has 1 amide bonds. The Morgan fingerprint density at radius 2 is 1.88 bits per heavy atom. The number of nitrogens with one attached hydrogen (secondary N) is 1. The molecule has 0 radical (unpaired) electrons. The van der Waals surface area contributed by atoms with Gasteiger partial charge in [-0.2, -0.15) is 0 Å². The zero-order valence-corrected chi connectivity index (χ0v) is 15.1. The molecule has 2 aromatic rings. The Morgan fingerprint density at radius 3 is 2.64 bits per heavy atom. The Morgan fingerprint density at radius 1 is 1.12 bits per heavy atom. The summed E-state index contributed by atoms with van der Waals surface area (Å²) in [5.41, 5.74) is 1.67. The van der Waals surface area contributed by atoms with Crippen molar-refractivity contribution in [3.8, 4) is 11.5 Å². The van der Waals surface area contributed by atoms with Crippen LogP contribution in [0.1, 0.15) is 24.1 Å². The van der Waals surface area contributed by atoms with Crippen LogP contribution in [0, 0.1) is 0 Å². The summed E-state index contributed by atoms with van der Waals surface area (Å²) in [6.45, 7) is 2.99. The number of benzene rings is 2. The summed E-state index contributed by atoms with van der Waals surface area (Å²) in [7, 11) is 0. The zero-order chi connectivity index (χ0) is 17.8. The molecule has 1 aliphatic heterocycles. The molecule has 0 aromatic heterocycles. The Balaban J connectivity index is 1.65. The fourth-order valence-corrected chi connectivity index (χ4v) is 2.95. The second-order valence-electron chi connectivity index (χ2n) is 5.63. The molecular formula is C19H17Cl2NO3. The lowest BCUT2D eigenvalue weighted by atomic mass is 10.1. The molecule has 6 heteroatoms. The van der Waals surface area contributed by atoms with E-state index in [9.17, 15) is 4.79 Å². The number of carbonyl (C=O) groups is 1. The third-order valence-electron chi connectivity index (χ3n) is 3.80. The summed E-state index contributed by atoms with van der Waals surface area (Å²) < 4.78 is 11.1. The molecular weight excluding hydrogens is 361 g/mol. The number of rotatable bonds is 4. The van der Waals surface area contributed by atoms with Gasteiger partial charge in [-0.3, -0.25) is 4.79 Å². The van der Waals surface area contributed by atoms with Gasteiger partial charge in [0, 0.05) is 16.1 Å². The van der Waals surface area contributed by atoms with E-state index in [4.69, 9.17) is 32.7 Å². The van der Waals surface area contributed by atoms with Crippen molar-refractivity contribution in [3.63, 3.8) is 0 Å². The summed E-state index contributed by atoms with van der Waals surface area (Å²) in [5, 5.41) is 3.96. The van der Waals surface area contributed by atoms with Gasteiger partial charge in [-0.05, 0) is 48.4 Å². The van der Waals surface area contributed by atoms with Gasteiger partial charge >= 0.3 is 0 Å². The predicted octanol–water partition coefficient (Wildman–Crippen LogP) is 4.66. The molecule has 130 valence electrons. The number of hydrogen-bond acceptors (Lipinski definition) is 3. The van der Waals surface area contributed by atoms with E-state index in [-0.39, 0.29) is 11.9 Å². The topological polar surface area (TPSA) is 47.6 Å². The van der Waals surface area contributed by atoms with Gasteiger partial charge in [-0.25, -0.2) is 0 Å². The lowest BCUT2D eigenvalue weighted by Crippen LogP contribution is -2.25. The maximum Gasteiger partial charge on any atom is 0.244 e. The minimum absolute atomic E-state index is 0.173. The van der Waals surface area contributed by atoms with Crippen molar-refractivity contribution < 1.29 is 14.3 Å². The second kappa shape index (κ2) is 7.81. The van der Waals surface area contributed by atoms with Crippen LogP contribution >= 0.6 is 23.2 Å². The molecule has 0 aliphatic carbocycles. The maximum absolute atomic E-state index is 12.1. The monoisotopic (exact) mass is 377 g/mol. The van der Waals surface area contributed by atoms with Crippen molar-refractivity contribution in [2.75, 3.05) is 13.2 Å². The molecule has 2 aromatic carbocycles. The SMILES string of the molecule is CC(NC(=O)/C=C/c1ccc(Cl)cc1Cl)c1ccc2c(c1)OCCO2. The highest BCUT2D eigenvalue weighted by Crippen LogP contribution is 2.32. The number of fused-ring (bicyclic) bond motifs is 1. The highest BCUT2D eigenvalue weighted by Gasteiger charge is 2.15. The van der Waals surface area contributed by atoms with Crippen LogP contribution in [0.15, 0.2) is 42.5 Å². The van der Waals surface area contributed by atoms with Crippen molar-refractivity contribution in [2.24, 2.45) is 0 Å². The van der Waals surface area contributed by atoms with E-state index in [0.717, 1.165) is 16.9 Å². The molecule has 1 unspecified atom stereocenters. The van der Waals surface area contributed by atoms with Crippen LogP contribution in [0.25, 0.3) is 6.08 Å². The fourth-order valence-electron chi connectivity index (χ4n) is 2.48. The number of hydrogen-bond donors (Lipinski definition) is 1. The first-order valence-corrected chi connectivity index (χ1v) is 8.62. The number of amides is 1. The van der Waals surface area contributed by atoms with Gasteiger partial charge in [0.2, 0.25) is 5.91 Å². The molecule has 1 heterocycles. The van der Waals surface area contributed by atoms with Gasteiger partial charge in [0.05, 0.1) is 6.04 Å². The van der Waals surface area contributed by atoms with Crippen molar-refractivity contribution in [2.45, 2.75) is 13.0 Å². The van der Waals surface area contributed by atoms with E-state index < -0.39 is 0 Å². The Hall–Kier alpha value is -2.17. The molecule has 3 rings (SSSR count). The van der Waals surface area contributed by atoms with E-state index in [1.807, 2.05) is 25.1 Å². The first-order valence-electron chi connectivity index (χ1n) is 7.86. The van der Waals surface area contributed by atoms with Gasteiger partial charge in [0.15, 0.2) is 11.5 Å². The van der Waals surface area contributed by atoms with Crippen LogP contribution < -0.4 is 14.8 Å². The average molecular weight is 378 g/mol. The molecule has 0 spiro atoms. The third-order valence-corrected chi connectivity index (χ3v) is 4.36. The van der Waals surface area contributed by atoms with E-state index in [1.165, 1.54) is 6.08 Å². The summed E-state index contributed by atoms with van der Waals surface area (Å²) >= 11 is 11.9. The van der Waals surface area contributed by atoms with Gasteiger partial charge in [-0.15, -0.1) is 0 Å². The maximum atomic E-state index is 12.1. The van der Waals surface area contributed by atoms with E-state index in [2.05, 4.69) is 5.32 Å². The van der Waals surface area contributed by atoms with E-state index >= 15 is 0 Å². The van der Waals surface area contributed by atoms with Crippen molar-refractivity contribution in [1.82, 2.24) is 5.32 Å². The lowest BCUT2D eigenvalue weighted by Gasteiger charge is -2.20. The van der Waals surface area contributed by atoms with E-state index in [1.54, 1.807) is 24.3 Å². The van der Waals surface area contributed by atoms with Gasteiger partial charge < -0.3 is 14.8 Å². The molecule has 0 bridgehead atoms. The summed E-state index contributed by atoms with van der Waals surface area (Å²) in [6.07, 6.45) is 3.11. The minimum atomic E-state index is -0.214. The van der Waals surface area contributed by atoms with Gasteiger partial charge in [-0.1, -0.05) is 35.3 Å². The number of carbonyl (C=O) groups excluding carboxylic acids is 1. The van der Waals surface area contributed by atoms with Crippen LogP contribution in [0.2, 0.25) is 10.0 Å². The first-order chi connectivity index (χ1) is 12.0. The quantitative estimate of drug-likeness (QED) is 0.788. The number of halogens is 2. The normalized spacial score (nSPS) is 14.4. The lowest BCUT2D eigenvalue weighted by molar-refractivity contribution is -0.117. The van der Waals surface area contributed by atoms with Crippen LogP contribution in [-0.2, 0) is 4.79 Å². The van der Waals surface area contributed by atoms with Crippen LogP contribution in [0.3, 0.4) is 0 Å². The average Bonchev–Trinajstić information content (AvgIpc) is 2.60. The zero-order valence-electron chi connectivity index (χ0n) is 13.6. The van der Waals surface area contributed by atoms with E-state index in [0.29, 0.717) is 29.0 Å². The molecule has 4 nitrogen and oxygen atoms in total. The van der Waals surface area contributed by atoms with Crippen molar-refractivity contribution >= 4 is 35.2 Å². The smallest absolute Gasteiger partial charge is 0.244 e. The summed E-state index contributed by atoms with van der Waals surface area (Å²) in [4.78, 5) is 12.1. The molecule has 25 heavy (non-hydrogen) atoms. The van der Waals surface area contributed by atoms with Crippen molar-refractivity contribution in [3.05, 3.63) is 63.6 Å². The molecule has 1 aliphatic rings. The molecule has 1 N–H and O–H groups in total. The second-order valence-corrected chi connectivity index (χ2v) is 6.48. The molecule has 0 saturated heterocycles. The highest BCUT2D eigenvalue weighted by atomic mass is 35.5. The predicted molar refractivity (Wildman–Crippen MR) is 99.5 cm³/mol. The highest BCUT2D eigenvalue weighted by molar-refractivity contribution is 6.35. The van der Waals surface area contributed by atoms with Gasteiger partial charge in [0.25, 0.3) is 0 Å². The molecule has 0 fully saturated rings. The number of ether oxygens (including phenoxy) is 2.